The average molecular weight is 418 g/mol. The van der Waals surface area contributed by atoms with Gasteiger partial charge in [0, 0.05) is 5.56 Å². The molecule has 5 aromatic rings. The first-order valence-electron chi connectivity index (χ1n) is 10.6. The molecule has 4 nitrogen and oxygen atoms in total. The maximum absolute atomic E-state index is 6.33. The van der Waals surface area contributed by atoms with Gasteiger partial charge < -0.3 is 10.5 Å². The molecule has 0 aliphatic carbocycles. The largest absolute Gasteiger partial charge is 0.487 e. The van der Waals surface area contributed by atoms with Crippen LogP contribution in [0.4, 0.5) is 17.1 Å². The van der Waals surface area contributed by atoms with E-state index in [1.807, 2.05) is 49.4 Å². The number of rotatable bonds is 5. The van der Waals surface area contributed by atoms with Gasteiger partial charge in [-0.15, -0.1) is 10.2 Å². The summed E-state index contributed by atoms with van der Waals surface area (Å²) < 4.78 is 6.33. The highest BCUT2D eigenvalue weighted by molar-refractivity contribution is 6.02. The molecule has 0 radical (unpaired) electrons. The third-order valence-corrected chi connectivity index (χ3v) is 5.57. The molecule has 0 aliphatic heterocycles. The number of benzene rings is 5. The average Bonchev–Trinajstić information content (AvgIpc) is 2.82. The van der Waals surface area contributed by atoms with Gasteiger partial charge in [-0.1, -0.05) is 66.7 Å². The second-order valence-corrected chi connectivity index (χ2v) is 7.82. The molecule has 0 heterocycles. The molecule has 0 aliphatic rings. The van der Waals surface area contributed by atoms with Crippen LogP contribution in [0, 0.1) is 6.92 Å². The van der Waals surface area contributed by atoms with Gasteiger partial charge in [-0.3, -0.25) is 0 Å². The summed E-state index contributed by atoms with van der Waals surface area (Å²) in [6, 6.07) is 32.4. The molecular formula is C28H23N3O. The van der Waals surface area contributed by atoms with Crippen LogP contribution >= 0.6 is 0 Å². The van der Waals surface area contributed by atoms with Crippen molar-refractivity contribution in [3.8, 4) is 5.75 Å². The van der Waals surface area contributed by atoms with Crippen molar-refractivity contribution in [2.75, 3.05) is 5.73 Å². The molecule has 5 aromatic carbocycles. The summed E-state index contributed by atoms with van der Waals surface area (Å²) in [6.45, 7) is 2.46. The zero-order valence-corrected chi connectivity index (χ0v) is 17.8. The summed E-state index contributed by atoms with van der Waals surface area (Å²) in [5.41, 5.74) is 10.2. The Morgan fingerprint density at radius 1 is 0.688 bits per heavy atom. The molecule has 0 fully saturated rings. The molecule has 0 unspecified atom stereocenters. The summed E-state index contributed by atoms with van der Waals surface area (Å²) in [6.07, 6.45) is 0. The van der Waals surface area contributed by atoms with Crippen molar-refractivity contribution < 1.29 is 4.74 Å². The van der Waals surface area contributed by atoms with Gasteiger partial charge in [0.25, 0.3) is 0 Å². The number of anilines is 1. The first kappa shape index (κ1) is 19.8. The number of ether oxygens (including phenoxy) is 1. The Bertz CT molecular complexity index is 1400. The van der Waals surface area contributed by atoms with Crippen LogP contribution in [-0.2, 0) is 6.61 Å². The monoisotopic (exact) mass is 417 g/mol. The maximum atomic E-state index is 6.33. The lowest BCUT2D eigenvalue weighted by Crippen LogP contribution is -1.98. The summed E-state index contributed by atoms with van der Waals surface area (Å²) in [5.74, 6) is 0.686. The third-order valence-electron chi connectivity index (χ3n) is 5.57. The molecule has 0 saturated carbocycles. The van der Waals surface area contributed by atoms with Gasteiger partial charge in [-0.2, -0.15) is 0 Å². The van der Waals surface area contributed by atoms with Crippen molar-refractivity contribution >= 4 is 38.6 Å². The SMILES string of the molecule is Cc1ccc(OCc2c3ccccc3cc3ccccc23)c(N=Nc2ccccc2N)c1. The van der Waals surface area contributed by atoms with Crippen molar-refractivity contribution in [2.24, 2.45) is 10.2 Å². The van der Waals surface area contributed by atoms with Crippen LogP contribution in [0.1, 0.15) is 11.1 Å². The second kappa shape index (κ2) is 8.52. The van der Waals surface area contributed by atoms with E-state index in [-0.39, 0.29) is 0 Å². The molecule has 4 heteroatoms. The predicted molar refractivity (Wildman–Crippen MR) is 132 cm³/mol. The Balaban J connectivity index is 1.52. The maximum Gasteiger partial charge on any atom is 0.147 e. The van der Waals surface area contributed by atoms with Gasteiger partial charge in [0.2, 0.25) is 0 Å². The Labute approximate surface area is 187 Å². The van der Waals surface area contributed by atoms with E-state index in [0.717, 1.165) is 11.1 Å². The van der Waals surface area contributed by atoms with Crippen molar-refractivity contribution in [2.45, 2.75) is 13.5 Å². The number of para-hydroxylation sites is 1. The number of nitrogens with zero attached hydrogens (tertiary/aromatic N) is 2. The van der Waals surface area contributed by atoms with Crippen molar-refractivity contribution in [1.29, 1.82) is 0 Å². The molecule has 0 atom stereocenters. The van der Waals surface area contributed by atoms with E-state index in [9.17, 15) is 0 Å². The summed E-state index contributed by atoms with van der Waals surface area (Å²) in [5, 5.41) is 13.6. The van der Waals surface area contributed by atoms with Crippen LogP contribution in [0.2, 0.25) is 0 Å². The van der Waals surface area contributed by atoms with Gasteiger partial charge in [0.1, 0.15) is 23.7 Å². The van der Waals surface area contributed by atoms with Crippen LogP contribution in [0.25, 0.3) is 21.5 Å². The fourth-order valence-electron chi connectivity index (χ4n) is 3.93. The normalized spacial score (nSPS) is 11.4. The lowest BCUT2D eigenvalue weighted by molar-refractivity contribution is 0.310. The molecule has 0 bridgehead atoms. The lowest BCUT2D eigenvalue weighted by Gasteiger charge is -2.14. The van der Waals surface area contributed by atoms with Gasteiger partial charge in [0.05, 0.1) is 5.69 Å². The van der Waals surface area contributed by atoms with Crippen LogP contribution < -0.4 is 10.5 Å². The van der Waals surface area contributed by atoms with E-state index in [2.05, 4.69) is 64.8 Å². The summed E-state index contributed by atoms with van der Waals surface area (Å²) >= 11 is 0. The Morgan fingerprint density at radius 2 is 1.31 bits per heavy atom. The molecule has 32 heavy (non-hydrogen) atoms. The van der Waals surface area contributed by atoms with Crippen LogP contribution in [0.15, 0.2) is 107 Å². The van der Waals surface area contributed by atoms with E-state index < -0.39 is 0 Å². The first-order chi connectivity index (χ1) is 15.7. The highest BCUT2D eigenvalue weighted by atomic mass is 16.5. The van der Waals surface area contributed by atoms with Crippen LogP contribution in [-0.4, -0.2) is 0 Å². The smallest absolute Gasteiger partial charge is 0.147 e. The van der Waals surface area contributed by atoms with Crippen molar-refractivity contribution in [3.63, 3.8) is 0 Å². The standard InChI is InChI=1S/C28H23N3O/c1-19-14-15-28(27(16-19)31-30-26-13-7-6-12-25(26)29)32-18-24-22-10-4-2-8-20(22)17-21-9-3-5-11-23(21)24/h2-17H,18,29H2,1H3. The van der Waals surface area contributed by atoms with Crippen molar-refractivity contribution in [1.82, 2.24) is 0 Å². The highest BCUT2D eigenvalue weighted by Gasteiger charge is 2.10. The highest BCUT2D eigenvalue weighted by Crippen LogP contribution is 2.34. The Hall–Kier alpha value is -4.18. The van der Waals surface area contributed by atoms with E-state index in [0.29, 0.717) is 29.4 Å². The summed E-state index contributed by atoms with van der Waals surface area (Å²) in [4.78, 5) is 0. The number of hydrogen-bond acceptors (Lipinski definition) is 4. The minimum absolute atomic E-state index is 0.431. The summed E-state index contributed by atoms with van der Waals surface area (Å²) in [7, 11) is 0. The number of nitrogens with two attached hydrogens (primary N) is 1. The molecule has 156 valence electrons. The molecule has 5 rings (SSSR count). The number of nitrogen functional groups attached to an aromatic ring is 1. The van der Waals surface area contributed by atoms with E-state index in [1.54, 1.807) is 0 Å². The van der Waals surface area contributed by atoms with Gasteiger partial charge >= 0.3 is 0 Å². The van der Waals surface area contributed by atoms with Gasteiger partial charge in [-0.05, 0) is 64.4 Å². The van der Waals surface area contributed by atoms with E-state index in [1.165, 1.54) is 21.5 Å². The third kappa shape index (κ3) is 3.91. The van der Waals surface area contributed by atoms with Gasteiger partial charge in [0.15, 0.2) is 0 Å². The van der Waals surface area contributed by atoms with E-state index in [4.69, 9.17) is 10.5 Å². The molecule has 0 spiro atoms. The first-order valence-corrected chi connectivity index (χ1v) is 10.6. The minimum Gasteiger partial charge on any atom is -0.487 e. The second-order valence-electron chi connectivity index (χ2n) is 7.82. The minimum atomic E-state index is 0.431. The Kier molecular flexibility index (Phi) is 5.26. The topological polar surface area (TPSA) is 60.0 Å². The molecule has 2 N–H and O–H groups in total. The van der Waals surface area contributed by atoms with Crippen molar-refractivity contribution in [3.05, 3.63) is 108 Å². The van der Waals surface area contributed by atoms with Gasteiger partial charge in [-0.25, -0.2) is 0 Å². The zero-order chi connectivity index (χ0) is 21.9. The fourth-order valence-corrected chi connectivity index (χ4v) is 3.93. The fraction of sp³-hybridized carbons (Fsp3) is 0.0714. The van der Waals surface area contributed by atoms with Crippen LogP contribution in [0.5, 0.6) is 5.75 Å². The quantitative estimate of drug-likeness (QED) is 0.180. The van der Waals surface area contributed by atoms with E-state index >= 15 is 0 Å². The predicted octanol–water partition coefficient (Wildman–Crippen LogP) is 7.88. The zero-order valence-electron chi connectivity index (χ0n) is 17.8. The number of fused-ring (bicyclic) bond motifs is 2. The molecule has 0 aromatic heterocycles. The molecule has 0 amide bonds. The number of aryl methyl sites for hydroxylation is 1. The van der Waals surface area contributed by atoms with Crippen LogP contribution in [0.3, 0.4) is 0 Å². The number of azo groups is 1. The number of hydrogen-bond donors (Lipinski definition) is 1. The molecular weight excluding hydrogens is 394 g/mol. The Morgan fingerprint density at radius 3 is 2.03 bits per heavy atom. The lowest BCUT2D eigenvalue weighted by atomic mass is 9.97. The molecule has 0 saturated heterocycles.